The fourth-order valence-corrected chi connectivity index (χ4v) is 3.67. The molecular weight excluding hydrogens is 358 g/mol. The Kier molecular flexibility index (Phi) is 5.25. The lowest BCUT2D eigenvalue weighted by Crippen LogP contribution is -2.31. The van der Waals surface area contributed by atoms with E-state index in [-0.39, 0.29) is 6.03 Å². The van der Waals surface area contributed by atoms with Crippen LogP contribution in [0.4, 0.5) is 10.6 Å². The van der Waals surface area contributed by atoms with Crippen LogP contribution < -0.4 is 10.1 Å². The molecule has 0 radical (unpaired) electrons. The number of ether oxygens (including phenoxy) is 1. The summed E-state index contributed by atoms with van der Waals surface area (Å²) < 4.78 is 9.31. The summed E-state index contributed by atoms with van der Waals surface area (Å²) in [5.74, 6) is 1.12. The van der Waals surface area contributed by atoms with Crippen molar-refractivity contribution in [3.63, 3.8) is 0 Å². The molecule has 2 amide bonds. The first-order chi connectivity index (χ1) is 12.1. The van der Waals surface area contributed by atoms with Crippen molar-refractivity contribution < 1.29 is 9.53 Å². The fourth-order valence-electron chi connectivity index (χ4n) is 2.17. The van der Waals surface area contributed by atoms with E-state index in [0.29, 0.717) is 18.2 Å². The summed E-state index contributed by atoms with van der Waals surface area (Å²) in [7, 11) is 3.29. The third-order valence-electron chi connectivity index (χ3n) is 3.48. The molecule has 9 heteroatoms. The van der Waals surface area contributed by atoms with Gasteiger partial charge < -0.3 is 9.64 Å². The quantitative estimate of drug-likeness (QED) is 0.736. The molecule has 0 aromatic carbocycles. The Morgan fingerprint density at radius 2 is 2.28 bits per heavy atom. The summed E-state index contributed by atoms with van der Waals surface area (Å²) in [6, 6.07) is 3.57. The van der Waals surface area contributed by atoms with Crippen LogP contribution in [0.15, 0.2) is 29.9 Å². The number of amides is 2. The van der Waals surface area contributed by atoms with Gasteiger partial charge in [-0.1, -0.05) is 0 Å². The molecule has 0 fully saturated rings. The Morgan fingerprint density at radius 3 is 3.00 bits per heavy atom. The topological polar surface area (TPSA) is 80.2 Å². The number of rotatable bonds is 5. The van der Waals surface area contributed by atoms with Gasteiger partial charge in [-0.05, 0) is 30.6 Å². The molecule has 0 aliphatic carbocycles. The summed E-state index contributed by atoms with van der Waals surface area (Å²) in [6.07, 6.45) is 3.47. The normalized spacial score (nSPS) is 10.5. The minimum Gasteiger partial charge on any atom is -0.480 e. The van der Waals surface area contributed by atoms with Gasteiger partial charge in [0, 0.05) is 40.8 Å². The molecular formula is C16H17N5O2S2. The number of nitrogens with one attached hydrogen (secondary N) is 1. The molecule has 3 rings (SSSR count). The number of urea groups is 1. The second-order valence-corrected chi connectivity index (χ2v) is 7.13. The summed E-state index contributed by atoms with van der Waals surface area (Å²) in [5.41, 5.74) is 1.80. The zero-order valence-electron chi connectivity index (χ0n) is 14.0. The van der Waals surface area contributed by atoms with Crippen molar-refractivity contribution in [3.05, 3.63) is 40.3 Å². The Morgan fingerprint density at radius 1 is 1.44 bits per heavy atom. The average Bonchev–Trinajstić information content (AvgIpc) is 3.22. The minimum absolute atomic E-state index is 0.237. The fraction of sp³-hybridized carbons (Fsp3) is 0.250. The maximum atomic E-state index is 12.4. The number of carbonyl (C=O) groups is 1. The van der Waals surface area contributed by atoms with Crippen molar-refractivity contribution in [1.82, 2.24) is 19.2 Å². The monoisotopic (exact) mass is 375 g/mol. The third-order valence-corrected chi connectivity index (χ3v) is 5.16. The molecule has 0 aliphatic rings. The van der Waals surface area contributed by atoms with Gasteiger partial charge in [0.05, 0.1) is 13.7 Å². The van der Waals surface area contributed by atoms with Gasteiger partial charge in [0.2, 0.25) is 5.88 Å². The summed E-state index contributed by atoms with van der Waals surface area (Å²) >= 11 is 2.82. The van der Waals surface area contributed by atoms with Crippen LogP contribution in [0.2, 0.25) is 0 Å². The van der Waals surface area contributed by atoms with E-state index in [1.54, 1.807) is 31.5 Å². The Labute approximate surface area is 153 Å². The first kappa shape index (κ1) is 17.3. The Bertz CT molecular complexity index is 863. The maximum absolute atomic E-state index is 12.4. The summed E-state index contributed by atoms with van der Waals surface area (Å²) in [6.45, 7) is 2.34. The van der Waals surface area contributed by atoms with E-state index in [9.17, 15) is 4.79 Å². The van der Waals surface area contributed by atoms with Crippen LogP contribution in [0, 0.1) is 6.92 Å². The average molecular weight is 375 g/mol. The first-order valence-corrected chi connectivity index (χ1v) is 9.11. The highest BCUT2D eigenvalue weighted by Crippen LogP contribution is 2.30. The van der Waals surface area contributed by atoms with Gasteiger partial charge in [0.15, 0.2) is 0 Å². The lowest BCUT2D eigenvalue weighted by molar-refractivity contribution is 0.220. The van der Waals surface area contributed by atoms with Gasteiger partial charge in [-0.15, -0.1) is 11.3 Å². The molecule has 0 atom stereocenters. The second kappa shape index (κ2) is 7.58. The number of anilines is 1. The highest BCUT2D eigenvalue weighted by Gasteiger charge is 2.17. The Hall–Kier alpha value is -2.52. The number of aryl methyl sites for hydroxylation is 1. The Balaban J connectivity index is 1.69. The van der Waals surface area contributed by atoms with Gasteiger partial charge in [-0.3, -0.25) is 10.3 Å². The first-order valence-electron chi connectivity index (χ1n) is 7.45. The van der Waals surface area contributed by atoms with Gasteiger partial charge in [0.25, 0.3) is 0 Å². The number of hydrogen-bond donors (Lipinski definition) is 1. The van der Waals surface area contributed by atoms with E-state index < -0.39 is 0 Å². The minimum atomic E-state index is -0.237. The molecule has 0 spiro atoms. The van der Waals surface area contributed by atoms with Crippen LogP contribution in [-0.4, -0.2) is 39.4 Å². The van der Waals surface area contributed by atoms with Crippen LogP contribution in [0.25, 0.3) is 10.6 Å². The number of methoxy groups -OCH3 is 1. The SMILES string of the molecule is COc1nscc1CN(C)C(=O)Nc1nc(-c2cccnc2)sc1C. The summed E-state index contributed by atoms with van der Waals surface area (Å²) in [4.78, 5) is 23.6. The van der Waals surface area contributed by atoms with E-state index in [2.05, 4.69) is 19.7 Å². The number of nitrogens with zero attached hydrogens (tertiary/aromatic N) is 4. The number of pyridine rings is 1. The largest absolute Gasteiger partial charge is 0.480 e. The predicted molar refractivity (Wildman–Crippen MR) is 99.2 cm³/mol. The zero-order chi connectivity index (χ0) is 17.8. The molecule has 3 aromatic heterocycles. The number of thiazole rings is 1. The summed E-state index contributed by atoms with van der Waals surface area (Å²) in [5, 5.41) is 5.56. The van der Waals surface area contributed by atoms with Crippen molar-refractivity contribution in [3.8, 4) is 16.5 Å². The van der Waals surface area contributed by atoms with Gasteiger partial charge >= 0.3 is 6.03 Å². The molecule has 7 nitrogen and oxygen atoms in total. The van der Waals surface area contributed by atoms with Crippen LogP contribution in [0.1, 0.15) is 10.4 Å². The highest BCUT2D eigenvalue weighted by atomic mass is 32.1. The second-order valence-electron chi connectivity index (χ2n) is 5.30. The van der Waals surface area contributed by atoms with Crippen molar-refractivity contribution >= 4 is 34.7 Å². The molecule has 130 valence electrons. The van der Waals surface area contributed by atoms with E-state index in [0.717, 1.165) is 21.0 Å². The molecule has 25 heavy (non-hydrogen) atoms. The number of carbonyl (C=O) groups excluding carboxylic acids is 1. The standard InChI is InChI=1S/C16H17N5O2S2/c1-10-13(18-15(25-10)11-5-4-6-17-7-11)19-16(22)21(2)8-12-9-24-20-14(12)23-3/h4-7,9H,8H2,1-3H3,(H,19,22). The smallest absolute Gasteiger partial charge is 0.323 e. The van der Waals surface area contributed by atoms with Gasteiger partial charge in [0.1, 0.15) is 10.8 Å². The van der Waals surface area contributed by atoms with Gasteiger partial charge in [-0.2, -0.15) is 4.37 Å². The molecule has 0 aliphatic heterocycles. The maximum Gasteiger partial charge on any atom is 0.323 e. The predicted octanol–water partition coefficient (Wildman–Crippen LogP) is 3.64. The van der Waals surface area contributed by atoms with Crippen molar-refractivity contribution in [2.75, 3.05) is 19.5 Å². The molecule has 0 unspecified atom stereocenters. The molecule has 0 bridgehead atoms. The molecule has 1 N–H and O–H groups in total. The van der Waals surface area contributed by atoms with E-state index in [4.69, 9.17) is 4.74 Å². The lowest BCUT2D eigenvalue weighted by Gasteiger charge is -2.17. The molecule has 3 heterocycles. The molecule has 0 saturated carbocycles. The number of hydrogen-bond acceptors (Lipinski definition) is 7. The van der Waals surface area contributed by atoms with Crippen molar-refractivity contribution in [2.45, 2.75) is 13.5 Å². The number of aromatic nitrogens is 3. The van der Waals surface area contributed by atoms with Crippen LogP contribution in [0.3, 0.4) is 0 Å². The highest BCUT2D eigenvalue weighted by molar-refractivity contribution is 7.15. The van der Waals surface area contributed by atoms with Crippen molar-refractivity contribution in [2.24, 2.45) is 0 Å². The van der Waals surface area contributed by atoms with E-state index in [1.807, 2.05) is 24.4 Å². The molecule has 0 saturated heterocycles. The molecule has 3 aromatic rings. The van der Waals surface area contributed by atoms with E-state index >= 15 is 0 Å². The van der Waals surface area contributed by atoms with Crippen LogP contribution in [0.5, 0.6) is 5.88 Å². The van der Waals surface area contributed by atoms with Crippen LogP contribution >= 0.6 is 22.9 Å². The van der Waals surface area contributed by atoms with E-state index in [1.165, 1.54) is 22.9 Å². The van der Waals surface area contributed by atoms with Gasteiger partial charge in [-0.25, -0.2) is 9.78 Å². The third kappa shape index (κ3) is 3.94. The van der Waals surface area contributed by atoms with Crippen molar-refractivity contribution in [1.29, 1.82) is 0 Å². The van der Waals surface area contributed by atoms with Crippen LogP contribution in [-0.2, 0) is 6.54 Å². The zero-order valence-corrected chi connectivity index (χ0v) is 15.6. The lowest BCUT2D eigenvalue weighted by atomic mass is 10.3.